The third-order valence-electron chi connectivity index (χ3n) is 3.37. The van der Waals surface area contributed by atoms with E-state index in [9.17, 15) is 8.42 Å². The Morgan fingerprint density at radius 1 is 1.33 bits per heavy atom. The lowest BCUT2D eigenvalue weighted by Gasteiger charge is -2.30. The molecular formula is C11H23N3O2S2. The van der Waals surface area contributed by atoms with Gasteiger partial charge in [0.1, 0.15) is 0 Å². The van der Waals surface area contributed by atoms with Crippen LogP contribution < -0.4 is 5.73 Å². The largest absolute Gasteiger partial charge is 0.393 e. The standard InChI is InChI=1S/C11H23N3O2S2/c1-10(9-11(12)17)13(2)18(15,16)14-7-5-3-4-6-8-14/h10H,3-9H2,1-2H3,(H2,12,17). The topological polar surface area (TPSA) is 66.6 Å². The van der Waals surface area contributed by atoms with Gasteiger partial charge in [0.15, 0.2) is 0 Å². The van der Waals surface area contributed by atoms with E-state index in [1.54, 1.807) is 11.4 Å². The summed E-state index contributed by atoms with van der Waals surface area (Å²) in [7, 11) is -1.78. The zero-order chi connectivity index (χ0) is 13.8. The fraction of sp³-hybridized carbons (Fsp3) is 0.909. The molecule has 0 aliphatic carbocycles. The fourth-order valence-electron chi connectivity index (χ4n) is 2.10. The summed E-state index contributed by atoms with van der Waals surface area (Å²) in [6, 6.07) is -0.198. The van der Waals surface area contributed by atoms with Gasteiger partial charge in [0, 0.05) is 32.6 Å². The predicted octanol–water partition coefficient (Wildman–Crippen LogP) is 1.10. The van der Waals surface area contributed by atoms with Crippen LogP contribution in [0.15, 0.2) is 0 Å². The highest BCUT2D eigenvalue weighted by Gasteiger charge is 2.30. The number of thiocarbonyl (C=S) groups is 1. The normalized spacial score (nSPS) is 20.6. The zero-order valence-electron chi connectivity index (χ0n) is 11.1. The lowest BCUT2D eigenvalue weighted by atomic mass is 10.2. The summed E-state index contributed by atoms with van der Waals surface area (Å²) in [6.07, 6.45) is 4.52. The Bertz CT molecular complexity index is 376. The number of hydrogen-bond donors (Lipinski definition) is 1. The van der Waals surface area contributed by atoms with Crippen molar-refractivity contribution in [3.05, 3.63) is 0 Å². The molecule has 0 aromatic rings. The van der Waals surface area contributed by atoms with Gasteiger partial charge < -0.3 is 5.73 Å². The zero-order valence-corrected chi connectivity index (χ0v) is 12.8. The minimum atomic E-state index is -3.38. The first-order valence-corrected chi connectivity index (χ1v) is 8.17. The van der Waals surface area contributed by atoms with E-state index in [1.807, 2.05) is 6.92 Å². The average Bonchev–Trinajstić information content (AvgIpc) is 2.55. The number of hydrogen-bond acceptors (Lipinski definition) is 3. The Hall–Kier alpha value is -0.240. The Kier molecular flexibility index (Phi) is 5.97. The van der Waals surface area contributed by atoms with Crippen molar-refractivity contribution in [3.63, 3.8) is 0 Å². The maximum Gasteiger partial charge on any atom is 0.281 e. The van der Waals surface area contributed by atoms with E-state index in [2.05, 4.69) is 0 Å². The highest BCUT2D eigenvalue weighted by atomic mass is 32.2. The quantitative estimate of drug-likeness (QED) is 0.771. The molecule has 0 amide bonds. The molecule has 1 unspecified atom stereocenters. The van der Waals surface area contributed by atoms with Gasteiger partial charge in [0.05, 0.1) is 4.99 Å². The van der Waals surface area contributed by atoms with Gasteiger partial charge in [-0.3, -0.25) is 0 Å². The summed E-state index contributed by atoms with van der Waals surface area (Å²) < 4.78 is 27.8. The summed E-state index contributed by atoms with van der Waals surface area (Å²) in [5, 5.41) is 0. The van der Waals surface area contributed by atoms with Gasteiger partial charge in [-0.1, -0.05) is 25.1 Å². The van der Waals surface area contributed by atoms with Crippen molar-refractivity contribution in [2.75, 3.05) is 20.1 Å². The molecule has 1 aliphatic heterocycles. The molecule has 0 radical (unpaired) electrons. The van der Waals surface area contributed by atoms with Crippen LogP contribution in [0.3, 0.4) is 0 Å². The Morgan fingerprint density at radius 2 is 1.83 bits per heavy atom. The summed E-state index contributed by atoms with van der Waals surface area (Å²) in [5.74, 6) is 0. The predicted molar refractivity (Wildman–Crippen MR) is 77.6 cm³/mol. The molecule has 2 N–H and O–H groups in total. The molecule has 1 rings (SSSR count). The third-order valence-corrected chi connectivity index (χ3v) is 5.64. The van der Waals surface area contributed by atoms with Gasteiger partial charge in [0.2, 0.25) is 0 Å². The first kappa shape index (κ1) is 15.8. The van der Waals surface area contributed by atoms with Crippen molar-refractivity contribution in [3.8, 4) is 0 Å². The number of nitrogens with zero attached hydrogens (tertiary/aromatic N) is 2. The fourth-order valence-corrected chi connectivity index (χ4v) is 3.96. The Balaban J connectivity index is 2.74. The summed E-state index contributed by atoms with van der Waals surface area (Å²) >= 11 is 4.83. The van der Waals surface area contributed by atoms with E-state index in [-0.39, 0.29) is 6.04 Å². The molecule has 18 heavy (non-hydrogen) atoms. The van der Waals surface area contributed by atoms with E-state index in [0.29, 0.717) is 24.5 Å². The molecule has 1 aliphatic rings. The molecule has 1 saturated heterocycles. The minimum absolute atomic E-state index is 0.198. The van der Waals surface area contributed by atoms with Crippen LogP contribution in [0.4, 0.5) is 0 Å². The van der Waals surface area contributed by atoms with Crippen molar-refractivity contribution in [2.24, 2.45) is 5.73 Å². The van der Waals surface area contributed by atoms with E-state index < -0.39 is 10.2 Å². The SMILES string of the molecule is CC(CC(N)=S)N(C)S(=O)(=O)N1CCCCCC1. The molecule has 0 saturated carbocycles. The van der Waals surface area contributed by atoms with Crippen molar-refractivity contribution in [2.45, 2.75) is 45.1 Å². The van der Waals surface area contributed by atoms with Crippen LogP contribution in [0, 0.1) is 0 Å². The van der Waals surface area contributed by atoms with Crippen molar-refractivity contribution < 1.29 is 8.42 Å². The maximum atomic E-state index is 12.4. The Labute approximate surface area is 115 Å². The second-order valence-corrected chi connectivity index (χ2v) is 7.37. The van der Waals surface area contributed by atoms with Crippen LogP contribution in [0.2, 0.25) is 0 Å². The van der Waals surface area contributed by atoms with Crippen molar-refractivity contribution in [1.29, 1.82) is 0 Å². The van der Waals surface area contributed by atoms with Crippen LogP contribution >= 0.6 is 12.2 Å². The molecule has 1 fully saturated rings. The molecule has 0 aromatic carbocycles. The maximum absolute atomic E-state index is 12.4. The highest BCUT2D eigenvalue weighted by molar-refractivity contribution is 7.86. The molecule has 0 bridgehead atoms. The smallest absolute Gasteiger partial charge is 0.281 e. The molecule has 0 spiro atoms. The van der Waals surface area contributed by atoms with Gasteiger partial charge in [-0.25, -0.2) is 0 Å². The van der Waals surface area contributed by atoms with E-state index >= 15 is 0 Å². The summed E-state index contributed by atoms with van der Waals surface area (Å²) in [4.78, 5) is 0.348. The van der Waals surface area contributed by atoms with Gasteiger partial charge in [-0.15, -0.1) is 0 Å². The van der Waals surface area contributed by atoms with E-state index in [4.69, 9.17) is 18.0 Å². The minimum Gasteiger partial charge on any atom is -0.393 e. The third kappa shape index (κ3) is 4.15. The van der Waals surface area contributed by atoms with Crippen LogP contribution in [0.1, 0.15) is 39.0 Å². The monoisotopic (exact) mass is 293 g/mol. The second kappa shape index (κ2) is 6.79. The lowest BCUT2D eigenvalue weighted by molar-refractivity contribution is 0.332. The van der Waals surface area contributed by atoms with E-state index in [0.717, 1.165) is 25.7 Å². The van der Waals surface area contributed by atoms with Gasteiger partial charge in [-0.2, -0.15) is 17.0 Å². The molecular weight excluding hydrogens is 270 g/mol. The Morgan fingerprint density at radius 3 is 2.28 bits per heavy atom. The second-order valence-electron chi connectivity index (χ2n) is 4.86. The molecule has 0 aromatic heterocycles. The number of rotatable bonds is 5. The van der Waals surface area contributed by atoms with Gasteiger partial charge in [0.25, 0.3) is 10.2 Å². The van der Waals surface area contributed by atoms with Crippen molar-refractivity contribution in [1.82, 2.24) is 8.61 Å². The molecule has 5 nitrogen and oxygen atoms in total. The molecule has 1 heterocycles. The van der Waals surface area contributed by atoms with Crippen molar-refractivity contribution >= 4 is 27.4 Å². The van der Waals surface area contributed by atoms with Crippen LogP contribution in [0.25, 0.3) is 0 Å². The van der Waals surface area contributed by atoms with Gasteiger partial charge >= 0.3 is 0 Å². The average molecular weight is 293 g/mol. The van der Waals surface area contributed by atoms with Crippen LogP contribution in [-0.2, 0) is 10.2 Å². The number of nitrogens with two attached hydrogens (primary N) is 1. The van der Waals surface area contributed by atoms with Crippen LogP contribution in [-0.4, -0.2) is 48.2 Å². The first-order chi connectivity index (χ1) is 8.35. The first-order valence-electron chi connectivity index (χ1n) is 6.37. The van der Waals surface area contributed by atoms with E-state index in [1.165, 1.54) is 4.31 Å². The van der Waals surface area contributed by atoms with Gasteiger partial charge in [-0.05, 0) is 19.8 Å². The molecule has 106 valence electrons. The summed E-state index contributed by atoms with van der Waals surface area (Å²) in [5.41, 5.74) is 5.47. The molecule has 7 heteroatoms. The molecule has 1 atom stereocenters. The van der Waals surface area contributed by atoms with Crippen LogP contribution in [0.5, 0.6) is 0 Å². The summed E-state index contributed by atoms with van der Waals surface area (Å²) in [6.45, 7) is 3.06. The highest BCUT2D eigenvalue weighted by Crippen LogP contribution is 2.17. The lowest BCUT2D eigenvalue weighted by Crippen LogP contribution is -2.46.